The predicted molar refractivity (Wildman–Crippen MR) is 69.2 cm³/mol. The van der Waals surface area contributed by atoms with Gasteiger partial charge in [-0.2, -0.15) is 13.2 Å². The number of ether oxygens (including phenoxy) is 2. The number of carbonyl (C=O) groups is 1. The van der Waals surface area contributed by atoms with Crippen molar-refractivity contribution in [1.29, 1.82) is 0 Å². The van der Waals surface area contributed by atoms with Crippen molar-refractivity contribution < 1.29 is 27.4 Å². The van der Waals surface area contributed by atoms with Crippen LogP contribution in [0.4, 0.5) is 13.2 Å². The van der Waals surface area contributed by atoms with E-state index in [2.05, 4.69) is 14.8 Å². The Morgan fingerprint density at radius 1 is 1.38 bits per heavy atom. The summed E-state index contributed by atoms with van der Waals surface area (Å²) in [6, 6.07) is 4.98. The largest absolute Gasteiger partial charge is 0.483 e. The number of halogens is 3. The number of methoxy groups -OCH3 is 1. The molecule has 0 aromatic heterocycles. The van der Waals surface area contributed by atoms with Gasteiger partial charge in [0.15, 0.2) is 6.61 Å². The smallest absolute Gasteiger partial charge is 0.422 e. The highest BCUT2D eigenvalue weighted by molar-refractivity contribution is 5.92. The topological polar surface area (TPSA) is 47.6 Å². The van der Waals surface area contributed by atoms with Crippen LogP contribution < -0.4 is 10.1 Å². The van der Waals surface area contributed by atoms with Crippen LogP contribution in [0.1, 0.15) is 28.8 Å². The van der Waals surface area contributed by atoms with Crippen molar-refractivity contribution in [2.24, 2.45) is 0 Å². The average Bonchev–Trinajstić information content (AvgIpc) is 3.25. The monoisotopic (exact) mass is 303 g/mol. The molecule has 0 radical (unpaired) electrons. The Morgan fingerprint density at radius 3 is 2.67 bits per heavy atom. The second-order valence-electron chi connectivity index (χ2n) is 4.88. The maximum absolute atomic E-state index is 12.2. The van der Waals surface area contributed by atoms with Crippen LogP contribution in [-0.4, -0.2) is 31.9 Å². The number of carbonyl (C=O) groups excluding carboxylic acids is 1. The van der Waals surface area contributed by atoms with Gasteiger partial charge in [-0.1, -0.05) is 6.07 Å². The zero-order valence-electron chi connectivity index (χ0n) is 11.5. The zero-order valence-corrected chi connectivity index (χ0v) is 11.5. The van der Waals surface area contributed by atoms with E-state index in [0.29, 0.717) is 12.6 Å². The minimum atomic E-state index is -4.46. The van der Waals surface area contributed by atoms with E-state index in [9.17, 15) is 18.0 Å². The van der Waals surface area contributed by atoms with Crippen molar-refractivity contribution in [3.05, 3.63) is 29.3 Å². The van der Waals surface area contributed by atoms with Crippen LogP contribution in [0.5, 0.6) is 5.75 Å². The molecule has 116 valence electrons. The molecule has 0 spiro atoms. The Hall–Kier alpha value is -1.76. The quantitative estimate of drug-likeness (QED) is 0.821. The fourth-order valence-corrected chi connectivity index (χ4v) is 1.79. The number of nitrogens with one attached hydrogen (secondary N) is 1. The Balaban J connectivity index is 2.11. The summed E-state index contributed by atoms with van der Waals surface area (Å²) in [7, 11) is 1.17. The SMILES string of the molecule is COC(=O)c1cc(CNC2CC2)ccc1OCC(F)(F)F. The van der Waals surface area contributed by atoms with Gasteiger partial charge in [-0.15, -0.1) is 0 Å². The van der Waals surface area contributed by atoms with Crippen LogP contribution in [0.25, 0.3) is 0 Å². The van der Waals surface area contributed by atoms with Crippen molar-refractivity contribution in [3.63, 3.8) is 0 Å². The highest BCUT2D eigenvalue weighted by Gasteiger charge is 2.29. The standard InChI is InChI=1S/C14H16F3NO3/c1-20-13(19)11-6-9(7-18-10-3-4-10)2-5-12(11)21-8-14(15,16)17/h2,5-6,10,18H,3-4,7-8H2,1H3. The minimum Gasteiger partial charge on any atom is -0.483 e. The fraction of sp³-hybridized carbons (Fsp3) is 0.500. The van der Waals surface area contributed by atoms with E-state index in [4.69, 9.17) is 0 Å². The third-order valence-electron chi connectivity index (χ3n) is 3.01. The van der Waals surface area contributed by atoms with Gasteiger partial charge >= 0.3 is 12.1 Å². The van der Waals surface area contributed by atoms with E-state index in [-0.39, 0.29) is 11.3 Å². The second kappa shape index (κ2) is 6.34. The first-order chi connectivity index (χ1) is 9.89. The summed E-state index contributed by atoms with van der Waals surface area (Å²) >= 11 is 0. The van der Waals surface area contributed by atoms with Crippen molar-refractivity contribution in [3.8, 4) is 5.75 Å². The average molecular weight is 303 g/mol. The van der Waals surface area contributed by atoms with Crippen molar-refractivity contribution in [1.82, 2.24) is 5.32 Å². The van der Waals surface area contributed by atoms with E-state index < -0.39 is 18.8 Å². The highest BCUT2D eigenvalue weighted by Crippen LogP contribution is 2.25. The van der Waals surface area contributed by atoms with E-state index in [0.717, 1.165) is 18.4 Å². The lowest BCUT2D eigenvalue weighted by Gasteiger charge is -2.13. The van der Waals surface area contributed by atoms with Gasteiger partial charge in [-0.3, -0.25) is 0 Å². The second-order valence-corrected chi connectivity index (χ2v) is 4.88. The van der Waals surface area contributed by atoms with Crippen LogP contribution in [0.3, 0.4) is 0 Å². The molecule has 4 nitrogen and oxygen atoms in total. The maximum atomic E-state index is 12.2. The van der Waals surface area contributed by atoms with Gasteiger partial charge in [0.25, 0.3) is 0 Å². The molecule has 0 saturated heterocycles. The van der Waals surface area contributed by atoms with E-state index >= 15 is 0 Å². The van der Waals surface area contributed by atoms with Gasteiger partial charge in [0.05, 0.1) is 7.11 Å². The first-order valence-corrected chi connectivity index (χ1v) is 6.53. The van der Waals surface area contributed by atoms with Crippen LogP contribution in [0, 0.1) is 0 Å². The molecule has 1 saturated carbocycles. The molecular formula is C14H16F3NO3. The molecule has 1 aromatic rings. The minimum absolute atomic E-state index is 0.00292. The van der Waals surface area contributed by atoms with Gasteiger partial charge in [0.2, 0.25) is 0 Å². The van der Waals surface area contributed by atoms with E-state index in [1.807, 2.05) is 0 Å². The first kappa shape index (κ1) is 15.6. The Bertz CT molecular complexity index is 513. The number of benzene rings is 1. The summed E-state index contributed by atoms with van der Waals surface area (Å²) in [6.45, 7) is -0.898. The lowest BCUT2D eigenvalue weighted by Crippen LogP contribution is -2.21. The zero-order chi connectivity index (χ0) is 15.5. The lowest BCUT2D eigenvalue weighted by molar-refractivity contribution is -0.153. The van der Waals surface area contributed by atoms with Crippen molar-refractivity contribution >= 4 is 5.97 Å². The molecule has 2 rings (SSSR count). The summed E-state index contributed by atoms with van der Waals surface area (Å²) in [6.07, 6.45) is -2.22. The Morgan fingerprint density at radius 2 is 2.10 bits per heavy atom. The summed E-state index contributed by atoms with van der Waals surface area (Å²) in [5, 5.41) is 3.26. The Labute approximate surface area is 120 Å². The predicted octanol–water partition coefficient (Wildman–Crippen LogP) is 2.67. The van der Waals surface area contributed by atoms with Crippen molar-refractivity contribution in [2.75, 3.05) is 13.7 Å². The summed E-state index contributed by atoms with van der Waals surface area (Å²) in [4.78, 5) is 11.7. The third kappa shape index (κ3) is 4.93. The van der Waals surface area contributed by atoms with Crippen LogP contribution in [0.2, 0.25) is 0 Å². The molecule has 1 aromatic carbocycles. The molecule has 0 atom stereocenters. The number of alkyl halides is 3. The molecule has 0 unspecified atom stereocenters. The third-order valence-corrected chi connectivity index (χ3v) is 3.01. The molecule has 1 aliphatic rings. The molecule has 1 aliphatic carbocycles. The van der Waals surface area contributed by atoms with Gasteiger partial charge in [0.1, 0.15) is 11.3 Å². The van der Waals surface area contributed by atoms with Gasteiger partial charge < -0.3 is 14.8 Å². The van der Waals surface area contributed by atoms with Crippen LogP contribution in [-0.2, 0) is 11.3 Å². The Kier molecular flexibility index (Phi) is 4.72. The maximum Gasteiger partial charge on any atom is 0.422 e. The molecule has 1 fully saturated rings. The van der Waals surface area contributed by atoms with Gasteiger partial charge in [-0.25, -0.2) is 4.79 Å². The first-order valence-electron chi connectivity index (χ1n) is 6.53. The van der Waals surface area contributed by atoms with Crippen LogP contribution in [0.15, 0.2) is 18.2 Å². The molecule has 0 aliphatic heterocycles. The molecule has 0 heterocycles. The van der Waals surface area contributed by atoms with Gasteiger partial charge in [0, 0.05) is 12.6 Å². The summed E-state index contributed by atoms with van der Waals surface area (Å²) in [5.41, 5.74) is 0.790. The summed E-state index contributed by atoms with van der Waals surface area (Å²) in [5.74, 6) is -0.852. The van der Waals surface area contributed by atoms with Crippen molar-refractivity contribution in [2.45, 2.75) is 31.6 Å². The molecule has 1 N–H and O–H groups in total. The summed E-state index contributed by atoms with van der Waals surface area (Å²) < 4.78 is 45.9. The molecular weight excluding hydrogens is 287 g/mol. The molecule has 0 amide bonds. The van der Waals surface area contributed by atoms with Gasteiger partial charge in [-0.05, 0) is 30.5 Å². The number of esters is 1. The molecule has 7 heteroatoms. The lowest BCUT2D eigenvalue weighted by atomic mass is 10.1. The van der Waals surface area contributed by atoms with Crippen LogP contribution >= 0.6 is 0 Å². The molecule has 21 heavy (non-hydrogen) atoms. The number of hydrogen-bond acceptors (Lipinski definition) is 4. The van der Waals surface area contributed by atoms with E-state index in [1.54, 1.807) is 6.07 Å². The number of hydrogen-bond donors (Lipinski definition) is 1. The highest BCUT2D eigenvalue weighted by atomic mass is 19.4. The van der Waals surface area contributed by atoms with E-state index in [1.165, 1.54) is 19.2 Å². The normalized spacial score (nSPS) is 14.9. The molecule has 0 bridgehead atoms. The fourth-order valence-electron chi connectivity index (χ4n) is 1.79. The number of rotatable bonds is 6.